The van der Waals surface area contributed by atoms with E-state index in [9.17, 15) is 23.3 Å². The highest BCUT2D eigenvalue weighted by atomic mass is 35.5. The molecule has 10 heteroatoms. The van der Waals surface area contributed by atoms with Gasteiger partial charge in [-0.1, -0.05) is 54.1 Å². The van der Waals surface area contributed by atoms with E-state index in [0.717, 1.165) is 4.31 Å². The molecule has 3 aromatic carbocycles. The van der Waals surface area contributed by atoms with Gasteiger partial charge < -0.3 is 11.1 Å². The molecule has 4 rings (SSSR count). The largest absolute Gasteiger partial charge is 0.399 e. The fourth-order valence-electron chi connectivity index (χ4n) is 4.13. The van der Waals surface area contributed by atoms with Crippen LogP contribution in [0.2, 0.25) is 5.02 Å². The Kier molecular flexibility index (Phi) is 6.95. The number of carbonyl (C=O) groups is 2. The lowest BCUT2D eigenvalue weighted by Gasteiger charge is -2.30. The molecule has 0 saturated carbocycles. The summed E-state index contributed by atoms with van der Waals surface area (Å²) in [4.78, 5) is 24.8. The topological polar surface area (TPSA) is 133 Å². The van der Waals surface area contributed by atoms with Crippen molar-refractivity contribution in [1.82, 2.24) is 4.31 Å². The second-order valence-electron chi connectivity index (χ2n) is 8.11. The first-order valence-electron chi connectivity index (χ1n) is 10.8. The summed E-state index contributed by atoms with van der Waals surface area (Å²) in [5.41, 5.74) is 7.25. The van der Waals surface area contributed by atoms with Crippen LogP contribution >= 0.6 is 11.6 Å². The van der Waals surface area contributed by atoms with Gasteiger partial charge in [0.05, 0.1) is 28.3 Å². The standard InChI is InChI=1S/C26H21ClN4O4S/c1-16(32)30-20-11-13-21(14-12-20)36(34,35)31-24(17-7-9-19(27)10-8-17)22(15-28)23(29)25(31)26(33)18-5-3-2-4-6-18/h2-14,24-25H,29H2,1H3,(H,30,32). The Balaban J connectivity index is 1.89. The summed E-state index contributed by atoms with van der Waals surface area (Å²) >= 11 is 6.03. The SMILES string of the molecule is CC(=O)Nc1ccc(S(=O)(=O)N2C(C(=O)c3ccccc3)C(N)=C(C#N)C2c2ccc(Cl)cc2)cc1. The predicted molar refractivity (Wildman–Crippen MR) is 135 cm³/mol. The maximum Gasteiger partial charge on any atom is 0.245 e. The summed E-state index contributed by atoms with van der Waals surface area (Å²) in [6.45, 7) is 1.34. The van der Waals surface area contributed by atoms with Gasteiger partial charge in [-0.05, 0) is 42.0 Å². The van der Waals surface area contributed by atoms with Gasteiger partial charge >= 0.3 is 0 Å². The third-order valence-electron chi connectivity index (χ3n) is 5.75. The molecule has 2 unspecified atom stereocenters. The minimum absolute atomic E-state index is 0.0370. The number of hydrogen-bond donors (Lipinski definition) is 2. The minimum atomic E-state index is -4.38. The number of hydrogen-bond acceptors (Lipinski definition) is 6. The third kappa shape index (κ3) is 4.62. The number of nitrogens with zero attached hydrogens (tertiary/aromatic N) is 2. The van der Waals surface area contributed by atoms with E-state index >= 15 is 0 Å². The molecular weight excluding hydrogens is 500 g/mol. The molecule has 2 atom stereocenters. The number of nitrogens with one attached hydrogen (secondary N) is 1. The maximum atomic E-state index is 14.0. The van der Waals surface area contributed by atoms with E-state index in [1.54, 1.807) is 54.6 Å². The Morgan fingerprint density at radius 3 is 2.17 bits per heavy atom. The highest BCUT2D eigenvalue weighted by molar-refractivity contribution is 7.89. The molecule has 8 nitrogen and oxygen atoms in total. The van der Waals surface area contributed by atoms with Crippen LogP contribution in [0.25, 0.3) is 0 Å². The Labute approximate surface area is 213 Å². The number of nitrogens with two attached hydrogens (primary N) is 1. The third-order valence-corrected chi connectivity index (χ3v) is 7.85. The molecule has 1 heterocycles. The molecule has 0 fully saturated rings. The molecule has 1 aliphatic rings. The average Bonchev–Trinajstić information content (AvgIpc) is 3.17. The first kappa shape index (κ1) is 25.1. The van der Waals surface area contributed by atoms with E-state index in [1.165, 1.54) is 31.2 Å². The Morgan fingerprint density at radius 1 is 1.00 bits per heavy atom. The van der Waals surface area contributed by atoms with Crippen molar-refractivity contribution >= 4 is 39.0 Å². The number of amides is 1. The minimum Gasteiger partial charge on any atom is -0.399 e. The van der Waals surface area contributed by atoms with Crippen LogP contribution in [-0.4, -0.2) is 30.5 Å². The molecular formula is C26H21ClN4O4S. The van der Waals surface area contributed by atoms with Gasteiger partial charge in [0, 0.05) is 23.2 Å². The zero-order chi connectivity index (χ0) is 26.0. The van der Waals surface area contributed by atoms with Gasteiger partial charge in [-0.2, -0.15) is 9.57 Å². The van der Waals surface area contributed by atoms with Crippen molar-refractivity contribution in [3.8, 4) is 6.07 Å². The van der Waals surface area contributed by atoms with Crippen LogP contribution in [-0.2, 0) is 14.8 Å². The van der Waals surface area contributed by atoms with Crippen molar-refractivity contribution in [1.29, 1.82) is 5.26 Å². The molecule has 1 aliphatic heterocycles. The first-order chi connectivity index (χ1) is 17.1. The van der Waals surface area contributed by atoms with Crippen LogP contribution in [0.15, 0.2) is 95.0 Å². The molecule has 0 aliphatic carbocycles. The molecule has 182 valence electrons. The van der Waals surface area contributed by atoms with Crippen LogP contribution in [0.1, 0.15) is 28.9 Å². The summed E-state index contributed by atoms with van der Waals surface area (Å²) in [6, 6.07) is 19.4. The lowest BCUT2D eigenvalue weighted by molar-refractivity contribution is -0.114. The van der Waals surface area contributed by atoms with E-state index < -0.39 is 27.9 Å². The zero-order valence-corrected chi connectivity index (χ0v) is 20.6. The molecule has 0 spiro atoms. The lowest BCUT2D eigenvalue weighted by Crippen LogP contribution is -2.45. The second-order valence-corrected chi connectivity index (χ2v) is 10.4. The fourth-order valence-corrected chi connectivity index (χ4v) is 5.97. The van der Waals surface area contributed by atoms with Crippen molar-refractivity contribution in [2.75, 3.05) is 5.32 Å². The number of nitriles is 1. The molecule has 0 saturated heterocycles. The number of carbonyl (C=O) groups excluding carboxylic acids is 2. The summed E-state index contributed by atoms with van der Waals surface area (Å²) < 4.78 is 29.1. The quantitative estimate of drug-likeness (QED) is 0.471. The number of ketones is 1. The van der Waals surface area contributed by atoms with Crippen LogP contribution in [0.3, 0.4) is 0 Å². The van der Waals surface area contributed by atoms with Crippen LogP contribution in [0.4, 0.5) is 5.69 Å². The van der Waals surface area contributed by atoms with Gasteiger partial charge in [0.1, 0.15) is 6.04 Å². The summed E-state index contributed by atoms with van der Waals surface area (Å²) in [5, 5.41) is 13.0. The van der Waals surface area contributed by atoms with E-state index in [0.29, 0.717) is 16.3 Å². The summed E-state index contributed by atoms with van der Waals surface area (Å²) in [5.74, 6) is -0.868. The van der Waals surface area contributed by atoms with E-state index in [1.807, 2.05) is 6.07 Å². The van der Waals surface area contributed by atoms with E-state index in [4.69, 9.17) is 17.3 Å². The lowest BCUT2D eigenvalue weighted by atomic mass is 10.00. The Morgan fingerprint density at radius 2 is 1.61 bits per heavy atom. The fraction of sp³-hybridized carbons (Fsp3) is 0.115. The monoisotopic (exact) mass is 520 g/mol. The molecule has 36 heavy (non-hydrogen) atoms. The normalized spacial score (nSPS) is 18.0. The van der Waals surface area contributed by atoms with Gasteiger partial charge in [-0.15, -0.1) is 0 Å². The molecule has 0 radical (unpaired) electrons. The smallest absolute Gasteiger partial charge is 0.245 e. The highest BCUT2D eigenvalue weighted by Gasteiger charge is 2.50. The average molecular weight is 521 g/mol. The Hall–Kier alpha value is -3.97. The van der Waals surface area contributed by atoms with Crippen LogP contribution in [0, 0.1) is 11.3 Å². The number of benzene rings is 3. The van der Waals surface area contributed by atoms with E-state index in [2.05, 4.69) is 5.32 Å². The predicted octanol–water partition coefficient (Wildman–Crippen LogP) is 4.03. The molecule has 0 bridgehead atoms. The van der Waals surface area contributed by atoms with Crippen molar-refractivity contribution in [2.45, 2.75) is 23.9 Å². The van der Waals surface area contributed by atoms with Gasteiger partial charge in [-0.25, -0.2) is 8.42 Å². The molecule has 0 aromatic heterocycles. The van der Waals surface area contributed by atoms with Gasteiger partial charge in [0.15, 0.2) is 5.78 Å². The Bertz CT molecular complexity index is 1500. The van der Waals surface area contributed by atoms with Gasteiger partial charge in [0.25, 0.3) is 0 Å². The maximum absolute atomic E-state index is 14.0. The number of rotatable bonds is 6. The number of Topliss-reactive ketones (excluding diaryl/α,β-unsaturated/α-hetero) is 1. The summed E-state index contributed by atoms with van der Waals surface area (Å²) in [6.07, 6.45) is 0. The summed E-state index contributed by atoms with van der Waals surface area (Å²) in [7, 11) is -4.38. The second kappa shape index (κ2) is 9.95. The molecule has 1 amide bonds. The van der Waals surface area contributed by atoms with Gasteiger partial charge in [0.2, 0.25) is 15.9 Å². The van der Waals surface area contributed by atoms with Crippen molar-refractivity contribution < 1.29 is 18.0 Å². The zero-order valence-electron chi connectivity index (χ0n) is 19.1. The van der Waals surface area contributed by atoms with Crippen molar-refractivity contribution in [3.05, 3.63) is 106 Å². The van der Waals surface area contributed by atoms with Crippen LogP contribution < -0.4 is 11.1 Å². The number of halogens is 1. The first-order valence-corrected chi connectivity index (χ1v) is 12.6. The van der Waals surface area contributed by atoms with Crippen molar-refractivity contribution in [3.63, 3.8) is 0 Å². The van der Waals surface area contributed by atoms with E-state index in [-0.39, 0.29) is 27.6 Å². The number of anilines is 1. The molecule has 3 aromatic rings. The highest BCUT2D eigenvalue weighted by Crippen LogP contribution is 2.44. The van der Waals surface area contributed by atoms with Crippen molar-refractivity contribution in [2.24, 2.45) is 5.73 Å². The molecule has 3 N–H and O–H groups in total. The number of sulfonamides is 1. The van der Waals surface area contributed by atoms with Gasteiger partial charge in [-0.3, -0.25) is 9.59 Å². The van der Waals surface area contributed by atoms with Crippen LogP contribution in [0.5, 0.6) is 0 Å².